The van der Waals surface area contributed by atoms with Crippen LogP contribution in [-0.2, 0) is 0 Å². The predicted molar refractivity (Wildman–Crippen MR) is 81.3 cm³/mol. The van der Waals surface area contributed by atoms with Crippen molar-refractivity contribution in [3.63, 3.8) is 0 Å². The highest BCUT2D eigenvalue weighted by molar-refractivity contribution is 5.93. The Bertz CT molecular complexity index is 631. The average Bonchev–Trinajstić information content (AvgIpc) is 2.41. The second kappa shape index (κ2) is 4.92. The van der Waals surface area contributed by atoms with Gasteiger partial charge in [0, 0.05) is 28.5 Å². The highest BCUT2D eigenvalue weighted by atomic mass is 14.9. The summed E-state index contributed by atoms with van der Waals surface area (Å²) in [5.41, 5.74) is 9.86. The number of rotatable bonds is 2. The summed E-state index contributed by atoms with van der Waals surface area (Å²) in [5, 5.41) is 4.76. The van der Waals surface area contributed by atoms with Gasteiger partial charge in [0.25, 0.3) is 0 Å². The van der Waals surface area contributed by atoms with Gasteiger partial charge in [0.15, 0.2) is 0 Å². The van der Waals surface area contributed by atoms with Crippen LogP contribution < -0.4 is 11.1 Å². The molecule has 1 unspecified atom stereocenters. The number of nitrogen functional groups attached to an aromatic ring is 1. The van der Waals surface area contributed by atoms with Crippen molar-refractivity contribution in [2.45, 2.75) is 32.2 Å². The molecule has 0 bridgehead atoms. The molecule has 3 rings (SSSR count). The first-order valence-electron chi connectivity index (χ1n) is 6.81. The number of aromatic nitrogens is 1. The molecule has 0 aliphatic heterocycles. The van der Waals surface area contributed by atoms with Gasteiger partial charge in [-0.15, -0.1) is 0 Å². The van der Waals surface area contributed by atoms with Gasteiger partial charge in [-0.1, -0.05) is 12.2 Å². The first-order valence-corrected chi connectivity index (χ1v) is 6.81. The van der Waals surface area contributed by atoms with Gasteiger partial charge in [-0.2, -0.15) is 0 Å². The number of nitrogens with two attached hydrogens (primary N) is 1. The van der Waals surface area contributed by atoms with Gasteiger partial charge in [0.05, 0.1) is 5.52 Å². The number of fused-ring (bicyclic) bond motifs is 1. The van der Waals surface area contributed by atoms with Gasteiger partial charge >= 0.3 is 0 Å². The van der Waals surface area contributed by atoms with E-state index in [1.165, 1.54) is 6.42 Å². The van der Waals surface area contributed by atoms with Crippen molar-refractivity contribution in [1.82, 2.24) is 4.98 Å². The second-order valence-electron chi connectivity index (χ2n) is 5.21. The molecule has 1 atom stereocenters. The average molecular weight is 253 g/mol. The van der Waals surface area contributed by atoms with Gasteiger partial charge in [0.1, 0.15) is 0 Å². The molecule has 0 fully saturated rings. The highest BCUT2D eigenvalue weighted by Gasteiger charge is 2.12. The summed E-state index contributed by atoms with van der Waals surface area (Å²) in [6.07, 6.45) is 7.94. The molecule has 1 aliphatic rings. The molecule has 0 saturated carbocycles. The van der Waals surface area contributed by atoms with Gasteiger partial charge in [-0.25, -0.2) is 0 Å². The zero-order valence-corrected chi connectivity index (χ0v) is 11.2. The van der Waals surface area contributed by atoms with E-state index in [-0.39, 0.29) is 0 Å². The number of nitrogens with one attached hydrogen (secondary N) is 1. The van der Waals surface area contributed by atoms with Crippen LogP contribution in [-0.4, -0.2) is 11.0 Å². The maximum Gasteiger partial charge on any atom is 0.0727 e. The number of hydrogen-bond donors (Lipinski definition) is 2. The lowest BCUT2D eigenvalue weighted by Crippen LogP contribution is -2.20. The standard InChI is InChI=1S/C16H19N3/c1-11-9-16(19-13-5-3-2-4-6-13)14-10-12(17)7-8-15(14)18-11/h2-3,7-10,13H,4-6,17H2,1H3,(H,18,19). The van der Waals surface area contributed by atoms with Crippen molar-refractivity contribution < 1.29 is 0 Å². The lowest BCUT2D eigenvalue weighted by atomic mass is 10.0. The van der Waals surface area contributed by atoms with Crippen LogP contribution >= 0.6 is 0 Å². The summed E-state index contributed by atoms with van der Waals surface area (Å²) in [4.78, 5) is 4.56. The number of nitrogens with zero attached hydrogens (tertiary/aromatic N) is 1. The Balaban J connectivity index is 2.01. The Kier molecular flexibility index (Phi) is 3.11. The van der Waals surface area contributed by atoms with Gasteiger partial charge in [0.2, 0.25) is 0 Å². The minimum Gasteiger partial charge on any atom is -0.399 e. The van der Waals surface area contributed by atoms with Crippen LogP contribution in [0.3, 0.4) is 0 Å². The summed E-state index contributed by atoms with van der Waals surface area (Å²) < 4.78 is 0. The Labute approximate surface area is 113 Å². The van der Waals surface area contributed by atoms with Crippen molar-refractivity contribution in [3.8, 4) is 0 Å². The Hall–Kier alpha value is -2.03. The number of aryl methyl sites for hydroxylation is 1. The van der Waals surface area contributed by atoms with Crippen molar-refractivity contribution in [1.29, 1.82) is 0 Å². The molecular formula is C16H19N3. The van der Waals surface area contributed by atoms with E-state index in [1.54, 1.807) is 0 Å². The zero-order chi connectivity index (χ0) is 13.2. The fraction of sp³-hybridized carbons (Fsp3) is 0.312. The van der Waals surface area contributed by atoms with E-state index in [1.807, 2.05) is 25.1 Å². The third kappa shape index (κ3) is 2.55. The van der Waals surface area contributed by atoms with Crippen molar-refractivity contribution >= 4 is 22.3 Å². The van der Waals surface area contributed by atoms with E-state index in [0.717, 1.165) is 40.8 Å². The van der Waals surface area contributed by atoms with Crippen molar-refractivity contribution in [2.75, 3.05) is 11.1 Å². The third-order valence-corrected chi connectivity index (χ3v) is 3.59. The number of hydrogen-bond acceptors (Lipinski definition) is 3. The first kappa shape index (κ1) is 12.0. The van der Waals surface area contributed by atoms with E-state index in [0.29, 0.717) is 6.04 Å². The SMILES string of the molecule is Cc1cc(NC2CC=CCC2)c2cc(N)ccc2n1. The van der Waals surface area contributed by atoms with E-state index in [2.05, 4.69) is 28.5 Å². The Morgan fingerprint density at radius 2 is 2.16 bits per heavy atom. The maximum absolute atomic E-state index is 5.90. The molecule has 1 heterocycles. The topological polar surface area (TPSA) is 50.9 Å². The van der Waals surface area contributed by atoms with Crippen LogP contribution in [0, 0.1) is 6.92 Å². The number of anilines is 2. The van der Waals surface area contributed by atoms with E-state index in [9.17, 15) is 0 Å². The summed E-state index contributed by atoms with van der Waals surface area (Å²) in [5.74, 6) is 0. The smallest absolute Gasteiger partial charge is 0.0727 e. The molecule has 19 heavy (non-hydrogen) atoms. The van der Waals surface area contributed by atoms with Crippen LogP contribution in [0.2, 0.25) is 0 Å². The molecule has 3 N–H and O–H groups in total. The lowest BCUT2D eigenvalue weighted by Gasteiger charge is -2.22. The number of pyridine rings is 1. The second-order valence-corrected chi connectivity index (χ2v) is 5.21. The summed E-state index contributed by atoms with van der Waals surface area (Å²) >= 11 is 0. The molecule has 1 aromatic heterocycles. The molecule has 3 nitrogen and oxygen atoms in total. The van der Waals surface area contributed by atoms with Crippen molar-refractivity contribution in [3.05, 3.63) is 42.1 Å². The molecule has 0 radical (unpaired) electrons. The van der Waals surface area contributed by atoms with Crippen LogP contribution in [0.5, 0.6) is 0 Å². The molecule has 0 saturated heterocycles. The molecule has 0 amide bonds. The Morgan fingerprint density at radius 1 is 1.26 bits per heavy atom. The molecule has 98 valence electrons. The van der Waals surface area contributed by atoms with Crippen LogP contribution in [0.15, 0.2) is 36.4 Å². The van der Waals surface area contributed by atoms with E-state index >= 15 is 0 Å². The summed E-state index contributed by atoms with van der Waals surface area (Å²) in [6.45, 7) is 2.03. The fourth-order valence-corrected chi connectivity index (χ4v) is 2.64. The molecule has 1 aromatic carbocycles. The van der Waals surface area contributed by atoms with E-state index < -0.39 is 0 Å². The quantitative estimate of drug-likeness (QED) is 0.634. The van der Waals surface area contributed by atoms with Crippen LogP contribution in [0.25, 0.3) is 10.9 Å². The van der Waals surface area contributed by atoms with Crippen molar-refractivity contribution in [2.24, 2.45) is 0 Å². The Morgan fingerprint density at radius 3 is 2.95 bits per heavy atom. The third-order valence-electron chi connectivity index (χ3n) is 3.59. The number of allylic oxidation sites excluding steroid dienone is 1. The number of benzene rings is 1. The first-order chi connectivity index (χ1) is 9.22. The van der Waals surface area contributed by atoms with Gasteiger partial charge < -0.3 is 11.1 Å². The minimum atomic E-state index is 0.511. The summed E-state index contributed by atoms with van der Waals surface area (Å²) in [6, 6.07) is 8.52. The predicted octanol–water partition coefficient (Wildman–Crippen LogP) is 3.65. The maximum atomic E-state index is 5.90. The molecule has 0 spiro atoms. The molecule has 1 aliphatic carbocycles. The zero-order valence-electron chi connectivity index (χ0n) is 11.2. The summed E-state index contributed by atoms with van der Waals surface area (Å²) in [7, 11) is 0. The van der Waals surface area contributed by atoms with E-state index in [4.69, 9.17) is 5.73 Å². The van der Waals surface area contributed by atoms with Gasteiger partial charge in [-0.05, 0) is 50.5 Å². The van der Waals surface area contributed by atoms with Crippen LogP contribution in [0.1, 0.15) is 25.0 Å². The minimum absolute atomic E-state index is 0.511. The molecule has 3 heteroatoms. The lowest BCUT2D eigenvalue weighted by molar-refractivity contribution is 0.645. The molecule has 2 aromatic rings. The monoisotopic (exact) mass is 253 g/mol. The highest BCUT2D eigenvalue weighted by Crippen LogP contribution is 2.27. The molecular weight excluding hydrogens is 234 g/mol. The fourth-order valence-electron chi connectivity index (χ4n) is 2.64. The van der Waals surface area contributed by atoms with Crippen LogP contribution in [0.4, 0.5) is 11.4 Å². The normalized spacial score (nSPS) is 18.7. The largest absolute Gasteiger partial charge is 0.399 e. The van der Waals surface area contributed by atoms with Gasteiger partial charge in [-0.3, -0.25) is 4.98 Å².